The highest BCUT2D eigenvalue weighted by atomic mass is 32.2. The highest BCUT2D eigenvalue weighted by Gasteiger charge is 2.19. The molecule has 152 valence electrons. The maximum Gasteiger partial charge on any atom is 0.259 e. The van der Waals surface area contributed by atoms with Gasteiger partial charge in [0.05, 0.1) is 11.1 Å². The molecule has 1 amide bonds. The standard InChI is InChI=1S/C22H25N3O2S2/c1-13-7-8-16(14(2)11-13)23-19(26)9-10-28-12-18-24-21(27)20-15-5-3-4-6-17(15)29-22(20)25-18/h7-8,11H,3-6,9-10,12H2,1-2H3,(H,23,26)(H,24,25,27). The van der Waals surface area contributed by atoms with Gasteiger partial charge in [-0.05, 0) is 56.7 Å². The molecule has 0 fully saturated rings. The van der Waals surface area contributed by atoms with E-state index >= 15 is 0 Å². The second kappa shape index (κ2) is 8.71. The Hall–Kier alpha value is -2.12. The molecule has 3 aromatic rings. The molecule has 0 atom stereocenters. The molecule has 0 saturated carbocycles. The van der Waals surface area contributed by atoms with E-state index in [1.807, 2.05) is 26.0 Å². The van der Waals surface area contributed by atoms with Gasteiger partial charge in [0, 0.05) is 22.7 Å². The van der Waals surface area contributed by atoms with Gasteiger partial charge in [-0.2, -0.15) is 11.8 Å². The number of anilines is 1. The molecule has 4 rings (SSSR count). The van der Waals surface area contributed by atoms with Crippen LogP contribution in [0.2, 0.25) is 0 Å². The number of H-pyrrole nitrogens is 1. The van der Waals surface area contributed by atoms with Gasteiger partial charge in [0.15, 0.2) is 0 Å². The number of benzene rings is 1. The SMILES string of the molecule is Cc1ccc(NC(=O)CCSCc2nc3sc4c(c3c(=O)[nH]2)CCCC4)c(C)c1. The number of aromatic nitrogens is 2. The first-order chi connectivity index (χ1) is 14.0. The third-order valence-electron chi connectivity index (χ3n) is 5.24. The summed E-state index contributed by atoms with van der Waals surface area (Å²) in [5, 5.41) is 3.77. The number of nitrogens with one attached hydrogen (secondary N) is 2. The number of rotatable bonds is 6. The number of thioether (sulfide) groups is 1. The van der Waals surface area contributed by atoms with E-state index in [2.05, 4.69) is 21.4 Å². The van der Waals surface area contributed by atoms with Crippen LogP contribution in [-0.4, -0.2) is 21.6 Å². The second-order valence-electron chi connectivity index (χ2n) is 7.57. The van der Waals surface area contributed by atoms with Crippen LogP contribution in [0.4, 0.5) is 5.69 Å². The normalized spacial score (nSPS) is 13.4. The number of hydrogen-bond donors (Lipinski definition) is 2. The van der Waals surface area contributed by atoms with Crippen molar-refractivity contribution in [2.45, 2.75) is 51.7 Å². The van der Waals surface area contributed by atoms with Crippen molar-refractivity contribution in [2.24, 2.45) is 0 Å². The van der Waals surface area contributed by atoms with E-state index in [0.717, 1.165) is 40.7 Å². The van der Waals surface area contributed by atoms with Crippen molar-refractivity contribution in [1.29, 1.82) is 0 Å². The molecule has 29 heavy (non-hydrogen) atoms. The van der Waals surface area contributed by atoms with Gasteiger partial charge < -0.3 is 10.3 Å². The van der Waals surface area contributed by atoms with Crippen LogP contribution in [0.1, 0.15) is 46.7 Å². The van der Waals surface area contributed by atoms with Crippen molar-refractivity contribution in [1.82, 2.24) is 9.97 Å². The quantitative estimate of drug-likeness (QED) is 0.557. The maximum absolute atomic E-state index is 12.6. The number of aryl methyl sites for hydroxylation is 4. The minimum absolute atomic E-state index is 0.00675. The minimum Gasteiger partial charge on any atom is -0.326 e. The van der Waals surface area contributed by atoms with Gasteiger partial charge in [0.25, 0.3) is 5.56 Å². The topological polar surface area (TPSA) is 74.8 Å². The Labute approximate surface area is 178 Å². The first-order valence-electron chi connectivity index (χ1n) is 9.99. The zero-order chi connectivity index (χ0) is 20.4. The number of fused-ring (bicyclic) bond motifs is 3. The van der Waals surface area contributed by atoms with Crippen molar-refractivity contribution in [3.05, 3.63) is 55.9 Å². The summed E-state index contributed by atoms with van der Waals surface area (Å²) in [6.07, 6.45) is 4.83. The summed E-state index contributed by atoms with van der Waals surface area (Å²) in [7, 11) is 0. The van der Waals surface area contributed by atoms with Crippen molar-refractivity contribution in [3.63, 3.8) is 0 Å². The van der Waals surface area contributed by atoms with E-state index in [1.54, 1.807) is 23.1 Å². The number of amides is 1. The van der Waals surface area contributed by atoms with E-state index in [9.17, 15) is 9.59 Å². The van der Waals surface area contributed by atoms with Crippen LogP contribution >= 0.6 is 23.1 Å². The first-order valence-corrected chi connectivity index (χ1v) is 12.0. The van der Waals surface area contributed by atoms with Gasteiger partial charge >= 0.3 is 0 Å². The molecule has 1 aliphatic carbocycles. The molecule has 0 radical (unpaired) electrons. The maximum atomic E-state index is 12.6. The van der Waals surface area contributed by atoms with Crippen LogP contribution < -0.4 is 10.9 Å². The Morgan fingerprint density at radius 3 is 2.93 bits per heavy atom. The van der Waals surface area contributed by atoms with Gasteiger partial charge in [0.2, 0.25) is 5.91 Å². The molecule has 7 heteroatoms. The number of nitrogens with zero attached hydrogens (tertiary/aromatic N) is 1. The summed E-state index contributed by atoms with van der Waals surface area (Å²) in [5.74, 6) is 1.98. The molecule has 2 heterocycles. The number of hydrogen-bond acceptors (Lipinski definition) is 5. The zero-order valence-corrected chi connectivity index (χ0v) is 18.4. The lowest BCUT2D eigenvalue weighted by atomic mass is 9.97. The minimum atomic E-state index is -0.0161. The Morgan fingerprint density at radius 2 is 2.10 bits per heavy atom. The molecule has 0 aliphatic heterocycles. The Kier molecular flexibility index (Phi) is 6.06. The smallest absolute Gasteiger partial charge is 0.259 e. The molecule has 1 aliphatic rings. The average molecular weight is 428 g/mol. The highest BCUT2D eigenvalue weighted by Crippen LogP contribution is 2.33. The van der Waals surface area contributed by atoms with Crippen LogP contribution in [0, 0.1) is 13.8 Å². The van der Waals surface area contributed by atoms with E-state index in [0.29, 0.717) is 23.8 Å². The number of aromatic amines is 1. The Morgan fingerprint density at radius 1 is 1.28 bits per heavy atom. The van der Waals surface area contributed by atoms with Crippen LogP contribution in [0.5, 0.6) is 0 Å². The molecular weight excluding hydrogens is 402 g/mol. The second-order valence-corrected chi connectivity index (χ2v) is 9.76. The molecule has 0 bridgehead atoms. The predicted molar refractivity (Wildman–Crippen MR) is 122 cm³/mol. The molecule has 0 saturated heterocycles. The molecule has 0 spiro atoms. The molecular formula is C22H25N3O2S2. The lowest BCUT2D eigenvalue weighted by molar-refractivity contribution is -0.115. The largest absolute Gasteiger partial charge is 0.326 e. The molecule has 2 N–H and O–H groups in total. The monoisotopic (exact) mass is 427 g/mol. The summed E-state index contributed by atoms with van der Waals surface area (Å²) >= 11 is 3.29. The van der Waals surface area contributed by atoms with Gasteiger partial charge in [-0.1, -0.05) is 17.7 Å². The summed E-state index contributed by atoms with van der Waals surface area (Å²) in [4.78, 5) is 34.6. The summed E-state index contributed by atoms with van der Waals surface area (Å²) < 4.78 is 0. The van der Waals surface area contributed by atoms with Crippen molar-refractivity contribution < 1.29 is 4.79 Å². The van der Waals surface area contributed by atoms with E-state index in [-0.39, 0.29) is 11.5 Å². The van der Waals surface area contributed by atoms with Gasteiger partial charge in [-0.25, -0.2) is 4.98 Å². The molecule has 5 nitrogen and oxygen atoms in total. The zero-order valence-electron chi connectivity index (χ0n) is 16.8. The van der Waals surface area contributed by atoms with E-state index in [1.165, 1.54) is 22.4 Å². The molecule has 1 aromatic carbocycles. The summed E-state index contributed by atoms with van der Waals surface area (Å²) in [6, 6.07) is 6.00. The number of carbonyl (C=O) groups excluding carboxylic acids is 1. The fourth-order valence-electron chi connectivity index (χ4n) is 3.78. The van der Waals surface area contributed by atoms with Crippen LogP contribution in [0.15, 0.2) is 23.0 Å². The fraction of sp³-hybridized carbons (Fsp3) is 0.409. The van der Waals surface area contributed by atoms with Gasteiger partial charge in [-0.3, -0.25) is 9.59 Å². The van der Waals surface area contributed by atoms with Crippen LogP contribution in [0.25, 0.3) is 10.2 Å². The van der Waals surface area contributed by atoms with Crippen molar-refractivity contribution in [3.8, 4) is 0 Å². The lowest BCUT2D eigenvalue weighted by Crippen LogP contribution is -2.14. The van der Waals surface area contributed by atoms with Crippen LogP contribution in [-0.2, 0) is 23.4 Å². The Balaban J connectivity index is 1.33. The van der Waals surface area contributed by atoms with Crippen molar-refractivity contribution >= 4 is 44.9 Å². The fourth-order valence-corrected chi connectivity index (χ4v) is 5.86. The Bertz CT molecular complexity index is 1120. The van der Waals surface area contributed by atoms with Crippen LogP contribution in [0.3, 0.4) is 0 Å². The average Bonchev–Trinajstić information content (AvgIpc) is 3.06. The summed E-state index contributed by atoms with van der Waals surface area (Å²) in [5.41, 5.74) is 4.31. The third-order valence-corrected chi connectivity index (χ3v) is 7.40. The number of thiophene rings is 1. The first kappa shape index (κ1) is 20.2. The van der Waals surface area contributed by atoms with E-state index in [4.69, 9.17) is 0 Å². The summed E-state index contributed by atoms with van der Waals surface area (Å²) in [6.45, 7) is 4.04. The molecule has 0 unspecified atom stereocenters. The van der Waals surface area contributed by atoms with Gasteiger partial charge in [0.1, 0.15) is 10.7 Å². The highest BCUT2D eigenvalue weighted by molar-refractivity contribution is 7.98. The number of carbonyl (C=O) groups is 1. The van der Waals surface area contributed by atoms with Gasteiger partial charge in [-0.15, -0.1) is 11.3 Å². The third kappa shape index (κ3) is 4.56. The van der Waals surface area contributed by atoms with E-state index < -0.39 is 0 Å². The van der Waals surface area contributed by atoms with Crippen molar-refractivity contribution in [2.75, 3.05) is 11.1 Å². The molecule has 2 aromatic heterocycles. The lowest BCUT2D eigenvalue weighted by Gasteiger charge is -2.09. The predicted octanol–water partition coefficient (Wildman–Crippen LogP) is 4.74.